The summed E-state index contributed by atoms with van der Waals surface area (Å²) >= 11 is 0. The molecule has 3 rings (SSSR count). The Morgan fingerprint density at radius 2 is 1.89 bits per heavy atom. The maximum Gasteiger partial charge on any atom is 0.0235 e. The quantitative estimate of drug-likeness (QED) is 0.892. The first-order valence-corrected chi connectivity index (χ1v) is 7.36. The molecule has 2 fully saturated rings. The van der Waals surface area contributed by atoms with E-state index >= 15 is 0 Å². The summed E-state index contributed by atoms with van der Waals surface area (Å²) in [4.78, 5) is 2.78. The number of nitrogens with one attached hydrogen (secondary N) is 1. The Hall–Kier alpha value is -0.570. The van der Waals surface area contributed by atoms with E-state index in [1.807, 2.05) is 0 Å². The lowest BCUT2D eigenvalue weighted by molar-refractivity contribution is 0.188. The van der Waals surface area contributed by atoms with Gasteiger partial charge in [0.2, 0.25) is 0 Å². The molecule has 0 radical (unpaired) electrons. The third kappa shape index (κ3) is 3.71. The van der Waals surface area contributed by atoms with E-state index < -0.39 is 0 Å². The van der Waals surface area contributed by atoms with Crippen LogP contribution >= 0.6 is 12.4 Å². The molecule has 3 heteroatoms. The van der Waals surface area contributed by atoms with Crippen LogP contribution in [0, 0.1) is 0 Å². The van der Waals surface area contributed by atoms with Crippen LogP contribution in [0.5, 0.6) is 0 Å². The zero-order chi connectivity index (χ0) is 12.4. The van der Waals surface area contributed by atoms with E-state index in [1.54, 1.807) is 0 Å². The lowest BCUT2D eigenvalue weighted by atomic mass is 9.99. The normalized spacial score (nSPS) is 24.2. The van der Waals surface area contributed by atoms with Crippen molar-refractivity contribution in [2.45, 2.75) is 44.2 Å². The molecular weight excluding hydrogens is 256 g/mol. The summed E-state index contributed by atoms with van der Waals surface area (Å²) in [6.07, 6.45) is 4.16. The number of benzene rings is 1. The molecule has 0 amide bonds. The molecule has 1 aromatic carbocycles. The van der Waals surface area contributed by atoms with Crippen molar-refractivity contribution in [3.05, 3.63) is 35.9 Å². The number of rotatable bonds is 5. The monoisotopic (exact) mass is 280 g/mol. The summed E-state index contributed by atoms with van der Waals surface area (Å²) in [5, 5.41) is 3.51. The van der Waals surface area contributed by atoms with Gasteiger partial charge < -0.3 is 5.32 Å². The minimum Gasteiger partial charge on any atom is -0.315 e. The molecule has 2 unspecified atom stereocenters. The SMILES string of the molecule is CC(CN(C1CC1)C1CCNC1)c1ccccc1.Cl. The first-order chi connectivity index (χ1) is 8.84. The summed E-state index contributed by atoms with van der Waals surface area (Å²) in [5.41, 5.74) is 1.48. The van der Waals surface area contributed by atoms with Crippen molar-refractivity contribution in [3.63, 3.8) is 0 Å². The van der Waals surface area contributed by atoms with Crippen LogP contribution in [0.25, 0.3) is 0 Å². The fourth-order valence-electron chi connectivity index (χ4n) is 3.13. The third-order valence-corrected chi connectivity index (χ3v) is 4.37. The highest BCUT2D eigenvalue weighted by atomic mass is 35.5. The van der Waals surface area contributed by atoms with Gasteiger partial charge in [0.25, 0.3) is 0 Å². The van der Waals surface area contributed by atoms with Gasteiger partial charge in [-0.2, -0.15) is 0 Å². The highest BCUT2D eigenvalue weighted by Crippen LogP contribution is 2.32. The number of hydrogen-bond donors (Lipinski definition) is 1. The van der Waals surface area contributed by atoms with Gasteiger partial charge in [0, 0.05) is 25.2 Å². The van der Waals surface area contributed by atoms with Crippen molar-refractivity contribution in [3.8, 4) is 0 Å². The van der Waals surface area contributed by atoms with Crippen molar-refractivity contribution in [1.82, 2.24) is 10.2 Å². The highest BCUT2D eigenvalue weighted by Gasteiger charge is 2.35. The van der Waals surface area contributed by atoms with Crippen LogP contribution in [0.1, 0.15) is 37.7 Å². The van der Waals surface area contributed by atoms with E-state index in [2.05, 4.69) is 47.5 Å². The Morgan fingerprint density at radius 3 is 2.47 bits per heavy atom. The average molecular weight is 281 g/mol. The van der Waals surface area contributed by atoms with Crippen LogP contribution in [0.2, 0.25) is 0 Å². The molecule has 1 N–H and O–H groups in total. The molecule has 2 nitrogen and oxygen atoms in total. The third-order valence-electron chi connectivity index (χ3n) is 4.37. The Labute approximate surface area is 123 Å². The second kappa shape index (κ2) is 6.74. The lowest BCUT2D eigenvalue weighted by Gasteiger charge is -2.31. The van der Waals surface area contributed by atoms with E-state index in [4.69, 9.17) is 0 Å². The molecule has 0 spiro atoms. The zero-order valence-corrected chi connectivity index (χ0v) is 12.5. The van der Waals surface area contributed by atoms with E-state index in [1.165, 1.54) is 44.5 Å². The molecule has 19 heavy (non-hydrogen) atoms. The molecular formula is C16H25ClN2. The Kier molecular flexibility index (Phi) is 5.26. The lowest BCUT2D eigenvalue weighted by Crippen LogP contribution is -2.40. The molecule has 2 atom stereocenters. The fourth-order valence-corrected chi connectivity index (χ4v) is 3.13. The number of halogens is 1. The van der Waals surface area contributed by atoms with Crippen molar-refractivity contribution in [2.24, 2.45) is 0 Å². The fraction of sp³-hybridized carbons (Fsp3) is 0.625. The van der Waals surface area contributed by atoms with Crippen LogP contribution in [0.4, 0.5) is 0 Å². The second-order valence-electron chi connectivity index (χ2n) is 5.89. The molecule has 0 bridgehead atoms. The van der Waals surface area contributed by atoms with Crippen LogP contribution < -0.4 is 5.32 Å². The summed E-state index contributed by atoms with van der Waals surface area (Å²) < 4.78 is 0. The van der Waals surface area contributed by atoms with Gasteiger partial charge in [0.05, 0.1) is 0 Å². The summed E-state index contributed by atoms with van der Waals surface area (Å²) in [5.74, 6) is 0.646. The van der Waals surface area contributed by atoms with Crippen molar-refractivity contribution in [2.75, 3.05) is 19.6 Å². The molecule has 2 aliphatic rings. The maximum atomic E-state index is 3.51. The van der Waals surface area contributed by atoms with E-state index in [-0.39, 0.29) is 12.4 Å². The number of hydrogen-bond acceptors (Lipinski definition) is 2. The van der Waals surface area contributed by atoms with Crippen molar-refractivity contribution < 1.29 is 0 Å². The van der Waals surface area contributed by atoms with Gasteiger partial charge >= 0.3 is 0 Å². The van der Waals surface area contributed by atoms with Crippen LogP contribution in [0.3, 0.4) is 0 Å². The first kappa shape index (κ1) is 14.8. The maximum absolute atomic E-state index is 3.51. The van der Waals surface area contributed by atoms with Gasteiger partial charge in [-0.1, -0.05) is 37.3 Å². The Morgan fingerprint density at radius 1 is 1.16 bits per heavy atom. The largest absolute Gasteiger partial charge is 0.315 e. The highest BCUT2D eigenvalue weighted by molar-refractivity contribution is 5.85. The van der Waals surface area contributed by atoms with E-state index in [9.17, 15) is 0 Å². The molecule has 1 heterocycles. The summed E-state index contributed by atoms with van der Waals surface area (Å²) in [6, 6.07) is 12.6. The van der Waals surface area contributed by atoms with Gasteiger partial charge in [0.15, 0.2) is 0 Å². The summed E-state index contributed by atoms with van der Waals surface area (Å²) in [7, 11) is 0. The van der Waals surface area contributed by atoms with Crippen molar-refractivity contribution in [1.29, 1.82) is 0 Å². The van der Waals surface area contributed by atoms with E-state index in [0.717, 1.165) is 12.1 Å². The molecule has 1 saturated heterocycles. The van der Waals surface area contributed by atoms with Crippen molar-refractivity contribution >= 4 is 12.4 Å². The molecule has 0 aromatic heterocycles. The van der Waals surface area contributed by atoms with Gasteiger partial charge in [-0.15, -0.1) is 12.4 Å². The van der Waals surface area contributed by atoms with Gasteiger partial charge in [-0.25, -0.2) is 0 Å². The predicted molar refractivity (Wildman–Crippen MR) is 83.1 cm³/mol. The Bertz CT molecular complexity index is 372. The molecule has 106 valence electrons. The number of nitrogens with zero attached hydrogens (tertiary/aromatic N) is 1. The minimum absolute atomic E-state index is 0. The average Bonchev–Trinajstić information content (AvgIpc) is 3.11. The van der Waals surface area contributed by atoms with E-state index in [0.29, 0.717) is 5.92 Å². The molecule has 1 aliphatic heterocycles. The summed E-state index contributed by atoms with van der Waals surface area (Å²) in [6.45, 7) is 5.99. The smallest absolute Gasteiger partial charge is 0.0235 e. The van der Waals surface area contributed by atoms with Gasteiger partial charge in [-0.05, 0) is 37.3 Å². The molecule has 1 aliphatic carbocycles. The zero-order valence-electron chi connectivity index (χ0n) is 11.7. The predicted octanol–water partition coefficient (Wildman–Crippen LogP) is 3.04. The van der Waals surface area contributed by atoms with Crippen LogP contribution in [-0.2, 0) is 0 Å². The second-order valence-corrected chi connectivity index (χ2v) is 5.89. The standard InChI is InChI=1S/C16H24N2.ClH/c1-13(14-5-3-2-4-6-14)12-18(15-7-8-15)16-9-10-17-11-16;/h2-6,13,15-17H,7-12H2,1H3;1H. The van der Waals surface area contributed by atoms with Gasteiger partial charge in [-0.3, -0.25) is 4.90 Å². The topological polar surface area (TPSA) is 15.3 Å². The molecule has 1 aromatic rings. The Balaban J connectivity index is 0.00000133. The molecule has 1 saturated carbocycles. The van der Waals surface area contributed by atoms with Crippen LogP contribution in [0.15, 0.2) is 30.3 Å². The van der Waals surface area contributed by atoms with Gasteiger partial charge in [0.1, 0.15) is 0 Å². The van der Waals surface area contributed by atoms with Crippen LogP contribution in [-0.4, -0.2) is 36.6 Å². The minimum atomic E-state index is 0. The first-order valence-electron chi connectivity index (χ1n) is 7.36.